The van der Waals surface area contributed by atoms with Crippen LogP contribution in [-0.4, -0.2) is 30.0 Å². The molecule has 0 amide bonds. The van der Waals surface area contributed by atoms with E-state index in [0.717, 1.165) is 19.3 Å². The van der Waals surface area contributed by atoms with E-state index in [2.05, 4.69) is 0 Å². The van der Waals surface area contributed by atoms with Crippen LogP contribution in [-0.2, 0) is 14.6 Å². The smallest absolute Gasteiger partial charge is 0.308 e. The van der Waals surface area contributed by atoms with Crippen LogP contribution in [0.3, 0.4) is 0 Å². The molecule has 1 spiro atoms. The Labute approximate surface area is 89.6 Å². The lowest BCUT2D eigenvalue weighted by Crippen LogP contribution is -2.45. The van der Waals surface area contributed by atoms with Crippen molar-refractivity contribution in [3.8, 4) is 0 Å². The molecule has 0 bridgehead atoms. The molecule has 0 aromatic heterocycles. The average molecular weight is 232 g/mol. The van der Waals surface area contributed by atoms with Crippen LogP contribution < -0.4 is 0 Å². The van der Waals surface area contributed by atoms with E-state index in [0.29, 0.717) is 19.3 Å². The van der Waals surface area contributed by atoms with E-state index in [1.165, 1.54) is 0 Å². The quantitative estimate of drug-likeness (QED) is 0.737. The molecular formula is C10H16O4S. The summed E-state index contributed by atoms with van der Waals surface area (Å²) in [4.78, 5) is 11.1. The lowest BCUT2D eigenvalue weighted by Gasteiger charge is -2.35. The molecule has 1 saturated heterocycles. The minimum absolute atomic E-state index is 0.0595. The molecule has 0 aromatic rings. The van der Waals surface area contributed by atoms with Crippen molar-refractivity contribution in [1.82, 2.24) is 0 Å². The van der Waals surface area contributed by atoms with Crippen LogP contribution >= 0.6 is 0 Å². The molecule has 1 heterocycles. The van der Waals surface area contributed by atoms with E-state index in [-0.39, 0.29) is 5.75 Å². The number of carboxylic acid groups (broad SMARTS) is 1. The van der Waals surface area contributed by atoms with Gasteiger partial charge in [0.1, 0.15) is 0 Å². The Kier molecular flexibility index (Phi) is 2.53. The van der Waals surface area contributed by atoms with Gasteiger partial charge in [0.15, 0.2) is 9.84 Å². The Balaban J connectivity index is 2.41. The second-order valence-electron chi connectivity index (χ2n) is 4.62. The van der Waals surface area contributed by atoms with Crippen molar-refractivity contribution < 1.29 is 18.3 Å². The second-order valence-corrected chi connectivity index (χ2v) is 7.07. The number of rotatable bonds is 1. The molecule has 1 N–H and O–H groups in total. The van der Waals surface area contributed by atoms with Gasteiger partial charge in [-0.3, -0.25) is 4.79 Å². The second kappa shape index (κ2) is 3.47. The van der Waals surface area contributed by atoms with Gasteiger partial charge in [0.2, 0.25) is 0 Å². The predicted molar refractivity (Wildman–Crippen MR) is 55.3 cm³/mol. The van der Waals surface area contributed by atoms with E-state index >= 15 is 0 Å². The van der Waals surface area contributed by atoms with Crippen molar-refractivity contribution in [3.05, 3.63) is 0 Å². The number of carbonyl (C=O) groups is 1. The zero-order chi connectivity index (χ0) is 11.1. The van der Waals surface area contributed by atoms with Crippen LogP contribution in [0.5, 0.6) is 0 Å². The summed E-state index contributed by atoms with van der Waals surface area (Å²) in [6, 6.07) is 0. The molecule has 1 saturated carbocycles. The van der Waals surface area contributed by atoms with Gasteiger partial charge >= 0.3 is 5.97 Å². The highest BCUT2D eigenvalue weighted by molar-refractivity contribution is 7.93. The maximum atomic E-state index is 12.0. The Hall–Kier alpha value is -0.580. The number of hydrogen-bond acceptors (Lipinski definition) is 3. The van der Waals surface area contributed by atoms with Gasteiger partial charge in [-0.25, -0.2) is 8.42 Å². The molecule has 0 radical (unpaired) electrons. The summed E-state index contributed by atoms with van der Waals surface area (Å²) in [5.41, 5.74) is 0. The van der Waals surface area contributed by atoms with Crippen LogP contribution in [0.1, 0.15) is 38.5 Å². The van der Waals surface area contributed by atoms with Gasteiger partial charge in [-0.1, -0.05) is 19.3 Å². The van der Waals surface area contributed by atoms with Crippen LogP contribution in [0, 0.1) is 5.92 Å². The van der Waals surface area contributed by atoms with E-state index in [9.17, 15) is 13.2 Å². The summed E-state index contributed by atoms with van der Waals surface area (Å²) >= 11 is 0. The van der Waals surface area contributed by atoms with Gasteiger partial charge in [-0.2, -0.15) is 0 Å². The van der Waals surface area contributed by atoms with Crippen molar-refractivity contribution in [1.29, 1.82) is 0 Å². The fraction of sp³-hybridized carbons (Fsp3) is 0.900. The third-order valence-electron chi connectivity index (χ3n) is 3.93. The highest BCUT2D eigenvalue weighted by atomic mass is 32.2. The Morgan fingerprint density at radius 1 is 1.20 bits per heavy atom. The summed E-state index contributed by atoms with van der Waals surface area (Å²) in [5.74, 6) is -1.54. The first-order chi connectivity index (χ1) is 7.00. The predicted octanol–water partition coefficient (Wildman–Crippen LogP) is 1.21. The molecule has 2 rings (SSSR count). The lowest BCUT2D eigenvalue weighted by atomic mass is 9.78. The number of sulfone groups is 1. The molecule has 86 valence electrons. The summed E-state index contributed by atoms with van der Waals surface area (Å²) in [5, 5.41) is 9.10. The molecule has 15 heavy (non-hydrogen) atoms. The standard InChI is InChI=1S/C10H16O4S/c11-9(12)8-4-7-15(13,14)10(8)5-2-1-3-6-10/h8H,1-7H2,(H,11,12). The maximum absolute atomic E-state index is 12.0. The first kappa shape index (κ1) is 10.9. The van der Waals surface area contributed by atoms with Gasteiger partial charge in [-0.15, -0.1) is 0 Å². The SMILES string of the molecule is O=C(O)C1CCS(=O)(=O)C12CCCCC2. The molecule has 2 aliphatic rings. The summed E-state index contributed by atoms with van der Waals surface area (Å²) in [6.45, 7) is 0. The Bertz CT molecular complexity index is 365. The fourth-order valence-corrected chi connectivity index (χ4v) is 5.63. The zero-order valence-electron chi connectivity index (χ0n) is 8.61. The summed E-state index contributed by atoms with van der Waals surface area (Å²) < 4.78 is 23.1. The average Bonchev–Trinajstić information content (AvgIpc) is 2.41. The normalized spacial score (nSPS) is 32.9. The van der Waals surface area contributed by atoms with Gasteiger partial charge in [0.25, 0.3) is 0 Å². The van der Waals surface area contributed by atoms with Crippen molar-refractivity contribution in [3.63, 3.8) is 0 Å². The first-order valence-electron chi connectivity index (χ1n) is 5.45. The third-order valence-corrected chi connectivity index (χ3v) is 6.63. The lowest BCUT2D eigenvalue weighted by molar-refractivity contribution is -0.143. The maximum Gasteiger partial charge on any atom is 0.308 e. The van der Waals surface area contributed by atoms with Crippen LogP contribution in [0.25, 0.3) is 0 Å². The van der Waals surface area contributed by atoms with Crippen molar-refractivity contribution in [2.24, 2.45) is 5.92 Å². The van der Waals surface area contributed by atoms with E-state index in [4.69, 9.17) is 5.11 Å². The Morgan fingerprint density at radius 3 is 2.33 bits per heavy atom. The molecule has 2 fully saturated rings. The van der Waals surface area contributed by atoms with Crippen LogP contribution in [0.15, 0.2) is 0 Å². The van der Waals surface area contributed by atoms with Gasteiger partial charge in [0.05, 0.1) is 16.4 Å². The minimum Gasteiger partial charge on any atom is -0.481 e. The van der Waals surface area contributed by atoms with Crippen molar-refractivity contribution in [2.45, 2.75) is 43.3 Å². The number of hydrogen-bond donors (Lipinski definition) is 1. The summed E-state index contributed by atoms with van der Waals surface area (Å²) in [6.07, 6.45) is 4.13. The monoisotopic (exact) mass is 232 g/mol. The Morgan fingerprint density at radius 2 is 1.80 bits per heavy atom. The molecule has 1 aliphatic heterocycles. The van der Waals surface area contributed by atoms with Gasteiger partial charge in [-0.05, 0) is 19.3 Å². The fourth-order valence-electron chi connectivity index (χ4n) is 3.11. The molecule has 1 aliphatic carbocycles. The number of aliphatic carboxylic acids is 1. The van der Waals surface area contributed by atoms with Crippen molar-refractivity contribution >= 4 is 15.8 Å². The van der Waals surface area contributed by atoms with Crippen molar-refractivity contribution in [2.75, 3.05) is 5.75 Å². The molecule has 0 aromatic carbocycles. The zero-order valence-corrected chi connectivity index (χ0v) is 9.42. The van der Waals surface area contributed by atoms with Gasteiger partial charge < -0.3 is 5.11 Å². The highest BCUT2D eigenvalue weighted by Crippen LogP contribution is 2.47. The van der Waals surface area contributed by atoms with E-state index in [1.807, 2.05) is 0 Å². The molecule has 5 heteroatoms. The molecule has 1 unspecified atom stereocenters. The molecular weight excluding hydrogens is 216 g/mol. The minimum atomic E-state index is -3.18. The molecule has 4 nitrogen and oxygen atoms in total. The first-order valence-corrected chi connectivity index (χ1v) is 7.10. The van der Waals surface area contributed by atoms with E-state index in [1.54, 1.807) is 0 Å². The topological polar surface area (TPSA) is 71.4 Å². The van der Waals surface area contributed by atoms with Crippen LogP contribution in [0.4, 0.5) is 0 Å². The van der Waals surface area contributed by atoms with E-state index < -0.39 is 26.5 Å². The molecule has 1 atom stereocenters. The summed E-state index contributed by atoms with van der Waals surface area (Å²) in [7, 11) is -3.18. The number of carboxylic acids is 1. The largest absolute Gasteiger partial charge is 0.481 e. The van der Waals surface area contributed by atoms with Crippen LogP contribution in [0.2, 0.25) is 0 Å². The highest BCUT2D eigenvalue weighted by Gasteiger charge is 2.57. The van der Waals surface area contributed by atoms with Gasteiger partial charge in [0, 0.05) is 0 Å². The third kappa shape index (κ3) is 1.48.